The van der Waals surface area contributed by atoms with Crippen molar-refractivity contribution in [2.24, 2.45) is 5.10 Å². The third kappa shape index (κ3) is 4.23. The van der Waals surface area contributed by atoms with Gasteiger partial charge >= 0.3 is 0 Å². The summed E-state index contributed by atoms with van der Waals surface area (Å²) in [5, 5.41) is 13.8. The molecule has 0 saturated heterocycles. The molecule has 3 rings (SSSR count). The van der Waals surface area contributed by atoms with E-state index in [0.717, 1.165) is 22.6 Å². The van der Waals surface area contributed by atoms with Gasteiger partial charge in [0.2, 0.25) is 0 Å². The number of rotatable bonds is 4. The lowest BCUT2D eigenvalue weighted by Gasteiger charge is -2.11. The third-order valence-electron chi connectivity index (χ3n) is 4.08. The predicted molar refractivity (Wildman–Crippen MR) is 111 cm³/mol. The summed E-state index contributed by atoms with van der Waals surface area (Å²) in [7, 11) is 0. The van der Waals surface area contributed by atoms with Crippen LogP contribution in [0, 0.1) is 13.8 Å². The maximum atomic E-state index is 12.3. The fourth-order valence-electron chi connectivity index (χ4n) is 2.73. The second-order valence-corrected chi connectivity index (χ2v) is 7.29. The molecule has 1 amide bonds. The van der Waals surface area contributed by atoms with E-state index in [1.807, 2.05) is 32.0 Å². The van der Waals surface area contributed by atoms with E-state index in [9.17, 15) is 9.90 Å². The number of hydrogen-bond acceptors (Lipinski definition) is 3. The summed E-state index contributed by atoms with van der Waals surface area (Å²) in [6.07, 6.45) is 1.48. The van der Waals surface area contributed by atoms with Crippen molar-refractivity contribution in [1.82, 2.24) is 9.99 Å². The number of nitrogens with one attached hydrogen (secondary N) is 1. The lowest BCUT2D eigenvalue weighted by atomic mass is 10.2. The number of nitrogens with zero attached hydrogens (tertiary/aromatic N) is 2. The highest BCUT2D eigenvalue weighted by Gasteiger charge is 2.12. The van der Waals surface area contributed by atoms with Crippen LogP contribution >= 0.6 is 27.5 Å². The quantitative estimate of drug-likeness (QED) is 0.438. The zero-order valence-electron chi connectivity index (χ0n) is 14.7. The average Bonchev–Trinajstić information content (AvgIpc) is 2.96. The molecule has 1 aromatic heterocycles. The van der Waals surface area contributed by atoms with Crippen LogP contribution in [0.1, 0.15) is 27.3 Å². The van der Waals surface area contributed by atoms with Crippen molar-refractivity contribution in [3.05, 3.63) is 80.5 Å². The number of phenolic OH excluding ortho intramolecular Hbond substituents is 1. The molecule has 2 N–H and O–H groups in total. The van der Waals surface area contributed by atoms with Gasteiger partial charge in [0.05, 0.1) is 21.3 Å². The number of hydrogen-bond donors (Lipinski definition) is 2. The third-order valence-corrected chi connectivity index (χ3v) is 5.03. The number of amides is 1. The number of carbonyl (C=O) groups excluding carboxylic acids is 1. The van der Waals surface area contributed by atoms with Crippen LogP contribution in [0.25, 0.3) is 5.69 Å². The van der Waals surface area contributed by atoms with E-state index >= 15 is 0 Å². The average molecular weight is 447 g/mol. The van der Waals surface area contributed by atoms with Gasteiger partial charge in [0.25, 0.3) is 5.91 Å². The van der Waals surface area contributed by atoms with Crippen molar-refractivity contribution in [3.63, 3.8) is 0 Å². The van der Waals surface area contributed by atoms with E-state index < -0.39 is 5.91 Å². The lowest BCUT2D eigenvalue weighted by molar-refractivity contribution is 0.0955. The number of aromatic hydroxyl groups is 1. The van der Waals surface area contributed by atoms with E-state index in [-0.39, 0.29) is 5.75 Å². The number of carbonyl (C=O) groups is 1. The van der Waals surface area contributed by atoms with Crippen LogP contribution in [-0.2, 0) is 0 Å². The molecular formula is C20H17BrClN3O2. The number of halogens is 2. The highest BCUT2D eigenvalue weighted by molar-refractivity contribution is 9.10. The van der Waals surface area contributed by atoms with Crippen LogP contribution in [0.5, 0.6) is 5.75 Å². The van der Waals surface area contributed by atoms with Crippen molar-refractivity contribution < 1.29 is 9.90 Å². The Balaban J connectivity index is 1.75. The largest absolute Gasteiger partial charge is 0.507 e. The smallest absolute Gasteiger partial charge is 0.272 e. The zero-order valence-corrected chi connectivity index (χ0v) is 17.0. The Hall–Kier alpha value is -2.57. The Morgan fingerprint density at radius 1 is 1.15 bits per heavy atom. The van der Waals surface area contributed by atoms with Crippen LogP contribution in [0.15, 0.2) is 58.1 Å². The zero-order chi connectivity index (χ0) is 19.6. The summed E-state index contributed by atoms with van der Waals surface area (Å²) < 4.78 is 2.61. The number of benzene rings is 2. The summed E-state index contributed by atoms with van der Waals surface area (Å²) in [5.74, 6) is -0.266. The van der Waals surface area contributed by atoms with Crippen molar-refractivity contribution >= 4 is 39.7 Å². The minimum Gasteiger partial charge on any atom is -0.507 e. The van der Waals surface area contributed by atoms with Crippen molar-refractivity contribution in [3.8, 4) is 11.4 Å². The molecule has 0 spiro atoms. The molecule has 0 bridgehead atoms. The van der Waals surface area contributed by atoms with Gasteiger partial charge in [0, 0.05) is 17.1 Å². The Kier molecular flexibility index (Phi) is 5.68. The minimum absolute atomic E-state index is 0.135. The van der Waals surface area contributed by atoms with Gasteiger partial charge < -0.3 is 9.67 Å². The first-order valence-electron chi connectivity index (χ1n) is 8.13. The number of hydrazone groups is 1. The molecule has 0 unspecified atom stereocenters. The van der Waals surface area contributed by atoms with Crippen LogP contribution < -0.4 is 5.43 Å². The van der Waals surface area contributed by atoms with Crippen LogP contribution in [0.4, 0.5) is 0 Å². The summed E-state index contributed by atoms with van der Waals surface area (Å²) in [4.78, 5) is 12.3. The summed E-state index contributed by atoms with van der Waals surface area (Å²) in [5.41, 5.74) is 6.60. The molecule has 0 aliphatic rings. The van der Waals surface area contributed by atoms with E-state index in [1.165, 1.54) is 12.3 Å². The Labute approximate surface area is 170 Å². The van der Waals surface area contributed by atoms with E-state index in [0.29, 0.717) is 15.1 Å². The summed E-state index contributed by atoms with van der Waals surface area (Å²) in [6.45, 7) is 4.02. The summed E-state index contributed by atoms with van der Waals surface area (Å²) >= 11 is 9.55. The molecule has 3 aromatic rings. The standard InChI is InChI=1S/C20H17BrClN3O2/c1-12-3-4-13(2)25(12)15-6-7-16(18(22)10-15)20(27)24-23-11-14-5-8-19(26)17(21)9-14/h3-11,26H,1-2H3,(H,24,27)/b23-11-. The molecule has 1 heterocycles. The van der Waals surface area contributed by atoms with Gasteiger partial charge in [-0.3, -0.25) is 4.79 Å². The fraction of sp³-hybridized carbons (Fsp3) is 0.100. The monoisotopic (exact) mass is 445 g/mol. The Bertz CT molecular complexity index is 1020. The molecule has 0 fully saturated rings. The van der Waals surface area contributed by atoms with Crippen LogP contribution in [0.2, 0.25) is 5.02 Å². The van der Waals surface area contributed by atoms with Gasteiger partial charge in [0.1, 0.15) is 5.75 Å². The fourth-order valence-corrected chi connectivity index (χ4v) is 3.39. The highest BCUT2D eigenvalue weighted by Crippen LogP contribution is 2.24. The molecule has 0 aliphatic heterocycles. The molecule has 5 nitrogen and oxygen atoms in total. The molecule has 2 aromatic carbocycles. The molecule has 0 saturated carbocycles. The second kappa shape index (κ2) is 7.98. The van der Waals surface area contributed by atoms with Crippen molar-refractivity contribution in [2.75, 3.05) is 0 Å². The first kappa shape index (κ1) is 19.2. The van der Waals surface area contributed by atoms with Gasteiger partial charge in [-0.05, 0) is 83.9 Å². The first-order valence-corrected chi connectivity index (χ1v) is 9.30. The van der Waals surface area contributed by atoms with E-state index in [2.05, 4.69) is 31.0 Å². The SMILES string of the molecule is Cc1ccc(C)n1-c1ccc(C(=O)N/N=C\c2ccc(O)c(Br)c2)c(Cl)c1. The normalized spacial score (nSPS) is 11.1. The van der Waals surface area contributed by atoms with Crippen LogP contribution in [-0.4, -0.2) is 21.8 Å². The van der Waals surface area contributed by atoms with Gasteiger partial charge in [-0.2, -0.15) is 5.10 Å². The molecular weight excluding hydrogens is 430 g/mol. The maximum absolute atomic E-state index is 12.3. The minimum atomic E-state index is -0.401. The Morgan fingerprint density at radius 2 is 1.85 bits per heavy atom. The van der Waals surface area contributed by atoms with Crippen molar-refractivity contribution in [1.29, 1.82) is 0 Å². The number of phenols is 1. The van der Waals surface area contributed by atoms with Crippen molar-refractivity contribution in [2.45, 2.75) is 13.8 Å². The lowest BCUT2D eigenvalue weighted by Crippen LogP contribution is -2.18. The van der Waals surface area contributed by atoms with Gasteiger partial charge in [0.15, 0.2) is 0 Å². The first-order chi connectivity index (χ1) is 12.9. The molecule has 7 heteroatoms. The number of aryl methyl sites for hydroxylation is 2. The Morgan fingerprint density at radius 3 is 2.48 bits per heavy atom. The van der Waals surface area contributed by atoms with Crippen LogP contribution in [0.3, 0.4) is 0 Å². The topological polar surface area (TPSA) is 66.6 Å². The molecule has 138 valence electrons. The maximum Gasteiger partial charge on any atom is 0.272 e. The molecule has 0 aliphatic carbocycles. The second-order valence-electron chi connectivity index (χ2n) is 6.03. The summed E-state index contributed by atoms with van der Waals surface area (Å²) in [6, 6.07) is 14.2. The number of aromatic nitrogens is 1. The van der Waals surface area contributed by atoms with E-state index in [1.54, 1.807) is 24.3 Å². The van der Waals surface area contributed by atoms with Gasteiger partial charge in [-0.1, -0.05) is 11.6 Å². The molecule has 27 heavy (non-hydrogen) atoms. The predicted octanol–water partition coefficient (Wildman–Crippen LogP) is 4.98. The van der Waals surface area contributed by atoms with Gasteiger partial charge in [-0.15, -0.1) is 0 Å². The highest BCUT2D eigenvalue weighted by atomic mass is 79.9. The van der Waals surface area contributed by atoms with E-state index in [4.69, 9.17) is 11.6 Å². The molecule has 0 atom stereocenters. The molecule has 0 radical (unpaired) electrons. The van der Waals surface area contributed by atoms with Gasteiger partial charge in [-0.25, -0.2) is 5.43 Å².